The van der Waals surface area contributed by atoms with E-state index in [1.165, 1.54) is 17.0 Å². The molecule has 3 heterocycles. The fraction of sp³-hybridized carbons (Fsp3) is 0.467. The summed E-state index contributed by atoms with van der Waals surface area (Å²) < 4.78 is 26.4. The molecule has 0 saturated carbocycles. The third-order valence-corrected chi connectivity index (χ3v) is 4.53. The Balaban J connectivity index is 1.79. The number of carboxylic acids is 2. The van der Waals surface area contributed by atoms with E-state index < -0.39 is 49.1 Å². The molecule has 3 atom stereocenters. The largest absolute Gasteiger partial charge is 0.479 e. The predicted molar refractivity (Wildman–Crippen MR) is 92.4 cm³/mol. The minimum atomic E-state index is -2.78. The molecule has 14 heteroatoms. The van der Waals surface area contributed by atoms with E-state index in [4.69, 9.17) is 32.1 Å². The van der Waals surface area contributed by atoms with Gasteiger partial charge in [0.25, 0.3) is 5.60 Å². The van der Waals surface area contributed by atoms with Crippen LogP contribution in [0.15, 0.2) is 6.33 Å². The van der Waals surface area contributed by atoms with E-state index in [9.17, 15) is 24.2 Å². The number of nitrogens with two attached hydrogens (primary N) is 1. The number of carboxylic acid groups (broad SMARTS) is 2. The zero-order chi connectivity index (χ0) is 21.3. The summed E-state index contributed by atoms with van der Waals surface area (Å²) >= 11 is 5.78. The number of nitrogens with zero attached hydrogens (tertiary/aromatic N) is 5. The Hall–Kier alpha value is -3.08. The highest BCUT2D eigenvalue weighted by molar-refractivity contribution is 6.28. The Morgan fingerprint density at radius 1 is 1.48 bits per heavy atom. The zero-order valence-corrected chi connectivity index (χ0v) is 15.3. The lowest BCUT2D eigenvalue weighted by atomic mass is 10.0. The van der Waals surface area contributed by atoms with Gasteiger partial charge in [-0.05, 0) is 11.6 Å². The second kappa shape index (κ2) is 7.74. The summed E-state index contributed by atoms with van der Waals surface area (Å²) in [6.07, 6.45) is -3.69. The van der Waals surface area contributed by atoms with Crippen LogP contribution in [0.1, 0.15) is 19.1 Å². The number of halogens is 2. The number of alkyl halides is 1. The number of nitriles is 1. The molecular weight excluding hydrogens is 415 g/mol. The van der Waals surface area contributed by atoms with E-state index in [1.54, 1.807) is 0 Å². The van der Waals surface area contributed by atoms with Gasteiger partial charge in [-0.1, -0.05) is 0 Å². The summed E-state index contributed by atoms with van der Waals surface area (Å²) in [7, 11) is 0. The fourth-order valence-electron chi connectivity index (χ4n) is 2.91. The maximum absolute atomic E-state index is 14.6. The van der Waals surface area contributed by atoms with Crippen molar-refractivity contribution in [3.05, 3.63) is 11.6 Å². The summed E-state index contributed by atoms with van der Waals surface area (Å²) in [5.41, 5.74) is 3.25. The van der Waals surface area contributed by atoms with E-state index in [0.29, 0.717) is 0 Å². The monoisotopic (exact) mass is 428 g/mol. The first-order chi connectivity index (χ1) is 13.7. The Bertz CT molecular complexity index is 995. The van der Waals surface area contributed by atoms with Crippen molar-refractivity contribution in [1.29, 1.82) is 5.26 Å². The molecule has 0 unspecified atom stereocenters. The first kappa shape index (κ1) is 20.6. The number of nitrogen functional groups attached to an aromatic ring is 1. The van der Waals surface area contributed by atoms with Gasteiger partial charge in [-0.15, -0.1) is 0 Å². The molecule has 3 rings (SSSR count). The molecule has 1 saturated heterocycles. The van der Waals surface area contributed by atoms with Crippen molar-refractivity contribution >= 4 is 40.5 Å². The molecule has 154 valence electrons. The lowest BCUT2D eigenvalue weighted by Crippen LogP contribution is -2.50. The Morgan fingerprint density at radius 2 is 2.17 bits per heavy atom. The van der Waals surface area contributed by atoms with Crippen molar-refractivity contribution in [1.82, 2.24) is 19.5 Å². The van der Waals surface area contributed by atoms with Crippen molar-refractivity contribution < 1.29 is 33.7 Å². The second-order valence-electron chi connectivity index (χ2n) is 6.19. The highest BCUT2D eigenvalue weighted by Crippen LogP contribution is 2.35. The summed E-state index contributed by atoms with van der Waals surface area (Å²) in [6.45, 7) is -0.568. The van der Waals surface area contributed by atoms with Crippen molar-refractivity contribution in [2.45, 2.75) is 36.9 Å². The average molecular weight is 429 g/mol. The molecule has 0 aliphatic carbocycles. The van der Waals surface area contributed by atoms with Crippen molar-refractivity contribution in [2.75, 3.05) is 12.3 Å². The van der Waals surface area contributed by atoms with Crippen molar-refractivity contribution in [2.24, 2.45) is 0 Å². The predicted octanol–water partition coefficient (Wildman–Crippen LogP) is 0.526. The molecular formula is C15H14ClFN6O6. The van der Waals surface area contributed by atoms with Crippen LogP contribution in [0.2, 0.25) is 5.28 Å². The van der Waals surface area contributed by atoms with E-state index >= 15 is 0 Å². The van der Waals surface area contributed by atoms with Gasteiger partial charge in [0.05, 0.1) is 31.5 Å². The molecule has 0 aromatic carbocycles. The number of imidazole rings is 1. The summed E-state index contributed by atoms with van der Waals surface area (Å²) in [6, 6.07) is 1.46. The molecule has 2 aromatic rings. The first-order valence-electron chi connectivity index (χ1n) is 8.12. The number of rotatable bonds is 7. The smallest absolute Gasteiger partial charge is 0.349 e. The minimum absolute atomic E-state index is 0.00348. The number of hydrogen-bond donors (Lipinski definition) is 3. The van der Waals surface area contributed by atoms with Crippen LogP contribution in [0.25, 0.3) is 11.2 Å². The van der Waals surface area contributed by atoms with Crippen LogP contribution in [0, 0.1) is 11.3 Å². The lowest BCUT2D eigenvalue weighted by molar-refractivity contribution is -0.187. The number of aliphatic carboxylic acids is 2. The molecule has 12 nitrogen and oxygen atoms in total. The van der Waals surface area contributed by atoms with E-state index in [2.05, 4.69) is 15.0 Å². The lowest BCUT2D eigenvalue weighted by Gasteiger charge is -2.24. The number of aromatic nitrogens is 4. The van der Waals surface area contributed by atoms with Gasteiger partial charge in [0.1, 0.15) is 11.7 Å². The quantitative estimate of drug-likeness (QED) is 0.412. The second-order valence-corrected chi connectivity index (χ2v) is 6.52. The highest BCUT2D eigenvalue weighted by atomic mass is 35.5. The van der Waals surface area contributed by atoms with Gasteiger partial charge in [-0.25, -0.2) is 19.0 Å². The van der Waals surface area contributed by atoms with Gasteiger partial charge in [0.2, 0.25) is 5.28 Å². The molecule has 1 fully saturated rings. The Morgan fingerprint density at radius 3 is 2.79 bits per heavy atom. The number of fused-ring (bicyclic) bond motifs is 1. The van der Waals surface area contributed by atoms with E-state index in [-0.39, 0.29) is 28.7 Å². The van der Waals surface area contributed by atoms with Crippen LogP contribution in [-0.4, -0.2) is 66.2 Å². The molecule has 1 aliphatic heterocycles. The van der Waals surface area contributed by atoms with E-state index in [0.717, 1.165) is 0 Å². The standard InChI is InChI=1S/C15H14ClFN6O6/c16-14-21-9(19)8-10(22-14)23(5-20-8)11-7(17)3-6(29-11)4-28-15(1-2-18,12(24)25)13(26)27/h5-7,11H,1,3-4H2,(H,24,25)(H,26,27)(H2,19,21,22)/t6-,7-,11+/m0/s1. The van der Waals surface area contributed by atoms with Crippen LogP contribution in [0.3, 0.4) is 0 Å². The summed E-state index contributed by atoms with van der Waals surface area (Å²) in [4.78, 5) is 34.4. The molecule has 0 bridgehead atoms. The third-order valence-electron chi connectivity index (χ3n) is 4.36. The molecule has 4 N–H and O–H groups in total. The molecule has 2 aromatic heterocycles. The fourth-order valence-corrected chi connectivity index (χ4v) is 3.08. The van der Waals surface area contributed by atoms with E-state index in [1.807, 2.05) is 0 Å². The van der Waals surface area contributed by atoms with Crippen LogP contribution in [-0.2, 0) is 19.1 Å². The Labute approximate surface area is 166 Å². The van der Waals surface area contributed by atoms with Crippen LogP contribution in [0.4, 0.5) is 10.2 Å². The third kappa shape index (κ3) is 3.65. The zero-order valence-electron chi connectivity index (χ0n) is 14.5. The number of anilines is 1. The highest BCUT2D eigenvalue weighted by Gasteiger charge is 2.50. The number of carbonyl (C=O) groups is 2. The number of hydrogen-bond acceptors (Lipinski definition) is 9. The average Bonchev–Trinajstić information content (AvgIpc) is 3.21. The SMILES string of the molecule is N#CCC(OC[C@@H]1C[C@H](F)[C@H](n2cnc3c(N)nc(Cl)nc32)O1)(C(=O)O)C(=O)O. The molecule has 0 spiro atoms. The number of ether oxygens (including phenoxy) is 2. The summed E-state index contributed by atoms with van der Waals surface area (Å²) in [5.74, 6) is -3.70. The van der Waals surface area contributed by atoms with Gasteiger partial charge in [-0.2, -0.15) is 15.2 Å². The molecule has 29 heavy (non-hydrogen) atoms. The maximum Gasteiger partial charge on any atom is 0.349 e. The van der Waals surface area contributed by atoms with Crippen LogP contribution < -0.4 is 5.73 Å². The molecule has 1 aliphatic rings. The van der Waals surface area contributed by atoms with Gasteiger partial charge in [-0.3, -0.25) is 4.57 Å². The summed E-state index contributed by atoms with van der Waals surface area (Å²) in [5, 5.41) is 27.0. The molecule has 0 radical (unpaired) electrons. The molecule has 0 amide bonds. The van der Waals surface area contributed by atoms with Crippen LogP contribution >= 0.6 is 11.6 Å². The van der Waals surface area contributed by atoms with Crippen LogP contribution in [0.5, 0.6) is 0 Å². The Kier molecular flexibility index (Phi) is 5.51. The van der Waals surface area contributed by atoms with Crippen molar-refractivity contribution in [3.63, 3.8) is 0 Å². The topological polar surface area (TPSA) is 186 Å². The van der Waals surface area contributed by atoms with Crippen molar-refractivity contribution in [3.8, 4) is 6.07 Å². The minimum Gasteiger partial charge on any atom is -0.479 e. The van der Waals surface area contributed by atoms with Gasteiger partial charge in [0.15, 0.2) is 17.7 Å². The van der Waals surface area contributed by atoms with Gasteiger partial charge < -0.3 is 25.4 Å². The van der Waals surface area contributed by atoms with Gasteiger partial charge >= 0.3 is 11.9 Å². The normalized spacial score (nSPS) is 21.9. The maximum atomic E-state index is 14.6. The van der Waals surface area contributed by atoms with Gasteiger partial charge in [0, 0.05) is 6.42 Å². The first-order valence-corrected chi connectivity index (χ1v) is 8.50.